The van der Waals surface area contributed by atoms with Crippen LogP contribution in [0.1, 0.15) is 5.56 Å². The maximum absolute atomic E-state index is 4.20. The molecule has 0 heterocycles. The second-order valence-electron chi connectivity index (χ2n) is 3.30. The van der Waals surface area contributed by atoms with Crippen molar-refractivity contribution in [1.82, 2.24) is 0 Å². The molecule has 0 unspecified atom stereocenters. The van der Waals surface area contributed by atoms with Crippen LogP contribution in [-0.4, -0.2) is 0 Å². The molecule has 0 atom stereocenters. The van der Waals surface area contributed by atoms with Crippen molar-refractivity contribution in [2.45, 2.75) is 0 Å². The van der Waals surface area contributed by atoms with E-state index in [-0.39, 0.29) is 0 Å². The summed E-state index contributed by atoms with van der Waals surface area (Å²) in [6.07, 6.45) is 1.78. The Morgan fingerprint density at radius 2 is 1.50 bits per heavy atom. The van der Waals surface area contributed by atoms with Gasteiger partial charge in [-0.25, -0.2) is 0 Å². The van der Waals surface area contributed by atoms with Crippen molar-refractivity contribution in [1.29, 1.82) is 0 Å². The SMILES string of the molecule is C=Cc1ccccc1N=Nc1ccccc1. The van der Waals surface area contributed by atoms with Crippen LogP contribution in [0, 0.1) is 0 Å². The average Bonchev–Trinajstić information content (AvgIpc) is 2.38. The summed E-state index contributed by atoms with van der Waals surface area (Å²) in [5.74, 6) is 0. The fourth-order valence-corrected chi connectivity index (χ4v) is 1.36. The molecule has 0 saturated carbocycles. The van der Waals surface area contributed by atoms with Crippen molar-refractivity contribution in [2.75, 3.05) is 0 Å². The topological polar surface area (TPSA) is 24.7 Å². The normalized spacial score (nSPS) is 10.5. The second kappa shape index (κ2) is 5.03. The minimum absolute atomic E-state index is 0.835. The third-order valence-electron chi connectivity index (χ3n) is 2.19. The van der Waals surface area contributed by atoms with Gasteiger partial charge in [-0.15, -0.1) is 5.11 Å². The fraction of sp³-hybridized carbons (Fsp3) is 0. The zero-order valence-corrected chi connectivity index (χ0v) is 8.88. The van der Waals surface area contributed by atoms with Crippen molar-refractivity contribution in [3.63, 3.8) is 0 Å². The molecule has 0 aromatic heterocycles. The molecule has 0 amide bonds. The Labute approximate surface area is 95.0 Å². The zero-order chi connectivity index (χ0) is 11.2. The zero-order valence-electron chi connectivity index (χ0n) is 8.88. The molecule has 16 heavy (non-hydrogen) atoms. The molecule has 0 bridgehead atoms. The lowest BCUT2D eigenvalue weighted by atomic mass is 10.2. The molecular formula is C14H12N2. The molecule has 0 N–H and O–H groups in total. The standard InChI is InChI=1S/C14H12N2/c1-2-12-8-6-7-11-14(12)16-15-13-9-4-3-5-10-13/h2-11H,1H2. The van der Waals surface area contributed by atoms with Gasteiger partial charge in [0.1, 0.15) is 0 Å². The van der Waals surface area contributed by atoms with Crippen LogP contribution in [0.5, 0.6) is 0 Å². The van der Waals surface area contributed by atoms with Crippen molar-refractivity contribution in [2.24, 2.45) is 10.2 Å². The molecule has 0 saturated heterocycles. The summed E-state index contributed by atoms with van der Waals surface area (Å²) >= 11 is 0. The summed E-state index contributed by atoms with van der Waals surface area (Å²) < 4.78 is 0. The first-order valence-electron chi connectivity index (χ1n) is 5.08. The molecule has 0 aliphatic carbocycles. The molecule has 78 valence electrons. The third-order valence-corrected chi connectivity index (χ3v) is 2.19. The average molecular weight is 208 g/mol. The van der Waals surface area contributed by atoms with Crippen LogP contribution < -0.4 is 0 Å². The van der Waals surface area contributed by atoms with Gasteiger partial charge in [-0.1, -0.05) is 49.1 Å². The molecule has 2 nitrogen and oxygen atoms in total. The first-order chi connectivity index (χ1) is 7.90. The van der Waals surface area contributed by atoms with Crippen molar-refractivity contribution >= 4 is 17.5 Å². The van der Waals surface area contributed by atoms with Crippen LogP contribution in [0.3, 0.4) is 0 Å². The summed E-state index contributed by atoms with van der Waals surface area (Å²) in [5, 5.41) is 8.36. The third kappa shape index (κ3) is 2.42. The van der Waals surface area contributed by atoms with Crippen LogP contribution >= 0.6 is 0 Å². The van der Waals surface area contributed by atoms with Crippen molar-refractivity contribution < 1.29 is 0 Å². The Bertz CT molecular complexity index is 501. The van der Waals surface area contributed by atoms with Crippen LogP contribution in [0.25, 0.3) is 6.08 Å². The molecule has 0 fully saturated rings. The summed E-state index contributed by atoms with van der Waals surface area (Å²) in [7, 11) is 0. The molecule has 0 spiro atoms. The van der Waals surface area contributed by atoms with E-state index in [1.807, 2.05) is 54.6 Å². The van der Waals surface area contributed by atoms with Crippen LogP contribution in [0.4, 0.5) is 11.4 Å². The fourth-order valence-electron chi connectivity index (χ4n) is 1.36. The number of rotatable bonds is 3. The van der Waals surface area contributed by atoms with Gasteiger partial charge in [0.05, 0.1) is 11.4 Å². The van der Waals surface area contributed by atoms with Crippen molar-refractivity contribution in [3.8, 4) is 0 Å². The van der Waals surface area contributed by atoms with Gasteiger partial charge in [0, 0.05) is 5.56 Å². The summed E-state index contributed by atoms with van der Waals surface area (Å²) in [6, 6.07) is 17.4. The van der Waals surface area contributed by atoms with E-state index in [1.165, 1.54) is 0 Å². The predicted octanol–water partition coefficient (Wildman–Crippen LogP) is 4.75. The molecule has 2 aromatic carbocycles. The van der Waals surface area contributed by atoms with E-state index in [4.69, 9.17) is 0 Å². The number of hydrogen-bond donors (Lipinski definition) is 0. The molecule has 0 aliphatic heterocycles. The van der Waals surface area contributed by atoms with E-state index in [2.05, 4.69) is 16.8 Å². The lowest BCUT2D eigenvalue weighted by molar-refractivity contribution is 1.23. The Hall–Kier alpha value is -2.22. The van der Waals surface area contributed by atoms with E-state index in [1.54, 1.807) is 6.08 Å². The predicted molar refractivity (Wildman–Crippen MR) is 67.2 cm³/mol. The highest BCUT2D eigenvalue weighted by molar-refractivity contribution is 5.62. The Morgan fingerprint density at radius 3 is 2.25 bits per heavy atom. The number of hydrogen-bond acceptors (Lipinski definition) is 2. The highest BCUT2D eigenvalue weighted by Crippen LogP contribution is 2.22. The van der Waals surface area contributed by atoms with E-state index in [0.29, 0.717) is 0 Å². The Balaban J connectivity index is 2.27. The number of benzene rings is 2. The quantitative estimate of drug-likeness (QED) is 0.650. The molecule has 2 heteroatoms. The maximum atomic E-state index is 4.20. The van der Waals surface area contributed by atoms with Gasteiger partial charge in [-0.05, 0) is 18.2 Å². The molecule has 2 rings (SSSR count). The van der Waals surface area contributed by atoms with Crippen LogP contribution in [-0.2, 0) is 0 Å². The molecular weight excluding hydrogens is 196 g/mol. The first kappa shape index (κ1) is 10.3. The van der Waals surface area contributed by atoms with Gasteiger partial charge in [0.25, 0.3) is 0 Å². The smallest absolute Gasteiger partial charge is 0.0929 e. The molecule has 0 aliphatic rings. The van der Waals surface area contributed by atoms with Crippen LogP contribution in [0.2, 0.25) is 0 Å². The van der Waals surface area contributed by atoms with Gasteiger partial charge >= 0.3 is 0 Å². The van der Waals surface area contributed by atoms with E-state index >= 15 is 0 Å². The lowest BCUT2D eigenvalue weighted by Crippen LogP contribution is -1.71. The van der Waals surface area contributed by atoms with Gasteiger partial charge in [0.15, 0.2) is 0 Å². The van der Waals surface area contributed by atoms with E-state index < -0.39 is 0 Å². The summed E-state index contributed by atoms with van der Waals surface area (Å²) in [6.45, 7) is 3.74. The number of azo groups is 1. The molecule has 2 aromatic rings. The Morgan fingerprint density at radius 1 is 0.812 bits per heavy atom. The second-order valence-corrected chi connectivity index (χ2v) is 3.30. The highest BCUT2D eigenvalue weighted by atomic mass is 15.1. The monoisotopic (exact) mass is 208 g/mol. The molecule has 0 radical (unpaired) electrons. The van der Waals surface area contributed by atoms with Crippen molar-refractivity contribution in [3.05, 3.63) is 66.7 Å². The minimum atomic E-state index is 0.835. The maximum Gasteiger partial charge on any atom is 0.0929 e. The van der Waals surface area contributed by atoms with E-state index in [0.717, 1.165) is 16.9 Å². The largest absolute Gasteiger partial charge is 0.151 e. The lowest BCUT2D eigenvalue weighted by Gasteiger charge is -1.97. The van der Waals surface area contributed by atoms with Gasteiger partial charge < -0.3 is 0 Å². The summed E-state index contributed by atoms with van der Waals surface area (Å²) in [5.41, 5.74) is 2.67. The highest BCUT2D eigenvalue weighted by Gasteiger charge is 1.95. The van der Waals surface area contributed by atoms with Crippen LogP contribution in [0.15, 0.2) is 71.4 Å². The first-order valence-corrected chi connectivity index (χ1v) is 5.08. The minimum Gasteiger partial charge on any atom is -0.151 e. The van der Waals surface area contributed by atoms with Gasteiger partial charge in [-0.2, -0.15) is 5.11 Å². The Kier molecular flexibility index (Phi) is 3.24. The number of nitrogens with zero attached hydrogens (tertiary/aromatic N) is 2. The van der Waals surface area contributed by atoms with Gasteiger partial charge in [-0.3, -0.25) is 0 Å². The van der Waals surface area contributed by atoms with E-state index in [9.17, 15) is 0 Å². The summed E-state index contributed by atoms with van der Waals surface area (Å²) in [4.78, 5) is 0. The van der Waals surface area contributed by atoms with Gasteiger partial charge in [0.2, 0.25) is 0 Å².